The zero-order chi connectivity index (χ0) is 14.8. The van der Waals surface area contributed by atoms with Crippen LogP contribution < -0.4 is 11.1 Å². The summed E-state index contributed by atoms with van der Waals surface area (Å²) in [7, 11) is 0. The van der Waals surface area contributed by atoms with Gasteiger partial charge in [-0.2, -0.15) is 0 Å². The number of benzene rings is 1. The molecule has 1 aliphatic heterocycles. The van der Waals surface area contributed by atoms with Crippen molar-refractivity contribution >= 4 is 38.3 Å². The molecule has 1 saturated heterocycles. The summed E-state index contributed by atoms with van der Waals surface area (Å²) in [5.41, 5.74) is 7.34. The maximum absolute atomic E-state index is 12.1. The van der Waals surface area contributed by atoms with Gasteiger partial charge in [0.2, 0.25) is 5.91 Å². The molecule has 3 N–H and O–H groups in total. The van der Waals surface area contributed by atoms with Crippen molar-refractivity contribution in [3.63, 3.8) is 0 Å². The van der Waals surface area contributed by atoms with Crippen molar-refractivity contribution < 1.29 is 4.79 Å². The van der Waals surface area contributed by atoms with E-state index in [1.807, 2.05) is 18.2 Å². The Balaban J connectivity index is 1.63. The Morgan fingerprint density at radius 2 is 2.43 bits per heavy atom. The second kappa shape index (κ2) is 5.99. The summed E-state index contributed by atoms with van der Waals surface area (Å²) >= 11 is 1.46. The first kappa shape index (κ1) is 14.3. The zero-order valence-electron chi connectivity index (χ0n) is 12.1. The minimum atomic E-state index is 0.0103. The number of nitrogens with one attached hydrogen (secondary N) is 1. The fraction of sp³-hybridized carbons (Fsp3) is 0.467. The number of aromatic nitrogens is 1. The number of amides is 1. The van der Waals surface area contributed by atoms with E-state index in [4.69, 9.17) is 5.73 Å². The molecule has 1 atom stereocenters. The molecule has 0 saturated carbocycles. The van der Waals surface area contributed by atoms with Crippen molar-refractivity contribution in [1.82, 2.24) is 9.88 Å². The molecule has 2 aromatic rings. The normalized spacial score (nSPS) is 19.8. The van der Waals surface area contributed by atoms with Crippen molar-refractivity contribution in [3.8, 4) is 0 Å². The Labute approximate surface area is 128 Å². The molecule has 6 heteroatoms. The number of likely N-dealkylation sites (tertiary alicyclic amines) is 1. The van der Waals surface area contributed by atoms with Crippen LogP contribution in [0.3, 0.4) is 0 Å². The third-order valence-electron chi connectivity index (χ3n) is 3.77. The number of carbonyl (C=O) groups is 1. The first-order valence-electron chi connectivity index (χ1n) is 7.28. The molecule has 0 bridgehead atoms. The van der Waals surface area contributed by atoms with Gasteiger partial charge in [0.05, 0.1) is 16.8 Å². The highest BCUT2D eigenvalue weighted by atomic mass is 32.1. The summed E-state index contributed by atoms with van der Waals surface area (Å²) in [6, 6.07) is 5.58. The number of nitrogen functional groups attached to an aromatic ring is 1. The van der Waals surface area contributed by atoms with Gasteiger partial charge in [0, 0.05) is 12.2 Å². The molecule has 21 heavy (non-hydrogen) atoms. The van der Waals surface area contributed by atoms with Crippen molar-refractivity contribution in [1.29, 1.82) is 0 Å². The van der Waals surface area contributed by atoms with Crippen LogP contribution in [0.5, 0.6) is 0 Å². The minimum absolute atomic E-state index is 0.0103. The molecule has 3 rings (SSSR count). The minimum Gasteiger partial charge on any atom is -0.399 e. The number of hydrogen-bond acceptors (Lipinski definition) is 5. The van der Waals surface area contributed by atoms with E-state index in [-0.39, 0.29) is 5.91 Å². The molecule has 2 heterocycles. The molecule has 1 aromatic heterocycles. The number of nitrogens with two attached hydrogens (primary N) is 1. The average Bonchev–Trinajstić information content (AvgIpc) is 2.79. The van der Waals surface area contributed by atoms with Gasteiger partial charge in [0.15, 0.2) is 5.13 Å². The average molecular weight is 304 g/mol. The van der Waals surface area contributed by atoms with Crippen LogP contribution in [0.2, 0.25) is 0 Å². The van der Waals surface area contributed by atoms with Crippen molar-refractivity contribution in [3.05, 3.63) is 18.2 Å². The van der Waals surface area contributed by atoms with Crippen LogP contribution >= 0.6 is 11.3 Å². The lowest BCUT2D eigenvalue weighted by molar-refractivity contribution is -0.117. The van der Waals surface area contributed by atoms with E-state index >= 15 is 0 Å². The quantitative estimate of drug-likeness (QED) is 0.855. The number of nitrogens with zero attached hydrogens (tertiary/aromatic N) is 2. The maximum Gasteiger partial charge on any atom is 0.240 e. The first-order chi connectivity index (χ1) is 10.1. The van der Waals surface area contributed by atoms with Gasteiger partial charge in [0.25, 0.3) is 0 Å². The molecule has 1 unspecified atom stereocenters. The highest BCUT2D eigenvalue weighted by Crippen LogP contribution is 2.27. The highest BCUT2D eigenvalue weighted by Gasteiger charge is 2.19. The van der Waals surface area contributed by atoms with Gasteiger partial charge < -0.3 is 11.1 Å². The van der Waals surface area contributed by atoms with E-state index in [1.165, 1.54) is 24.2 Å². The van der Waals surface area contributed by atoms with Crippen LogP contribution in [0.4, 0.5) is 10.8 Å². The van der Waals surface area contributed by atoms with Gasteiger partial charge in [0.1, 0.15) is 0 Å². The lowest BCUT2D eigenvalue weighted by Gasteiger charge is -2.29. The van der Waals surface area contributed by atoms with Crippen molar-refractivity contribution in [2.45, 2.75) is 19.8 Å². The number of anilines is 2. The molecule has 5 nitrogen and oxygen atoms in total. The largest absolute Gasteiger partial charge is 0.399 e. The second-order valence-electron chi connectivity index (χ2n) is 5.78. The molecule has 112 valence electrons. The first-order valence-corrected chi connectivity index (χ1v) is 8.10. The third-order valence-corrected chi connectivity index (χ3v) is 4.70. The lowest BCUT2D eigenvalue weighted by atomic mass is 10.0. The molecule has 1 fully saturated rings. The van der Waals surface area contributed by atoms with E-state index < -0.39 is 0 Å². The summed E-state index contributed by atoms with van der Waals surface area (Å²) in [5, 5.41) is 3.54. The molecule has 0 radical (unpaired) electrons. The second-order valence-corrected chi connectivity index (χ2v) is 6.81. The van der Waals surface area contributed by atoms with Crippen LogP contribution in [0.25, 0.3) is 10.2 Å². The standard InChI is InChI=1S/C15H20N4OS/c1-10-3-2-6-19(8-10)9-14(20)18-15-17-12-5-4-11(16)7-13(12)21-15/h4-5,7,10H,2-3,6,8-9,16H2,1H3,(H,17,18,20). The van der Waals surface area contributed by atoms with Crippen LogP contribution in [0.15, 0.2) is 18.2 Å². The Kier molecular flexibility index (Phi) is 4.07. The molecular formula is C15H20N4OS. The van der Waals surface area contributed by atoms with Gasteiger partial charge in [-0.15, -0.1) is 0 Å². The van der Waals surface area contributed by atoms with Gasteiger partial charge >= 0.3 is 0 Å². The van der Waals surface area contributed by atoms with Gasteiger partial charge in [-0.05, 0) is 43.5 Å². The van der Waals surface area contributed by atoms with E-state index in [2.05, 4.69) is 22.1 Å². The highest BCUT2D eigenvalue weighted by molar-refractivity contribution is 7.22. The number of thiazole rings is 1. The Hall–Kier alpha value is -1.66. The predicted molar refractivity (Wildman–Crippen MR) is 87.5 cm³/mol. The van der Waals surface area contributed by atoms with E-state index in [0.29, 0.717) is 23.3 Å². The number of carbonyl (C=O) groups excluding carboxylic acids is 1. The van der Waals surface area contributed by atoms with Gasteiger partial charge in [-0.25, -0.2) is 4.98 Å². The SMILES string of the molecule is CC1CCCN(CC(=O)Nc2nc3ccc(N)cc3s2)C1. The summed E-state index contributed by atoms with van der Waals surface area (Å²) < 4.78 is 0.997. The fourth-order valence-electron chi connectivity index (χ4n) is 2.79. The van der Waals surface area contributed by atoms with Crippen LogP contribution in [0.1, 0.15) is 19.8 Å². The smallest absolute Gasteiger partial charge is 0.240 e. The van der Waals surface area contributed by atoms with Crippen LogP contribution in [-0.2, 0) is 4.79 Å². The Morgan fingerprint density at radius 1 is 1.57 bits per heavy atom. The van der Waals surface area contributed by atoms with Gasteiger partial charge in [-0.1, -0.05) is 18.3 Å². The van der Waals surface area contributed by atoms with Gasteiger partial charge in [-0.3, -0.25) is 9.69 Å². The monoisotopic (exact) mass is 304 g/mol. The lowest BCUT2D eigenvalue weighted by Crippen LogP contribution is -2.39. The summed E-state index contributed by atoms with van der Waals surface area (Å²) in [4.78, 5) is 18.8. The zero-order valence-corrected chi connectivity index (χ0v) is 12.9. The fourth-order valence-corrected chi connectivity index (χ4v) is 3.72. The van der Waals surface area contributed by atoms with Crippen LogP contribution in [-0.4, -0.2) is 35.4 Å². The van der Waals surface area contributed by atoms with Crippen molar-refractivity contribution in [2.75, 3.05) is 30.7 Å². The maximum atomic E-state index is 12.1. The number of fused-ring (bicyclic) bond motifs is 1. The Morgan fingerprint density at radius 3 is 3.24 bits per heavy atom. The predicted octanol–water partition coefficient (Wildman–Crippen LogP) is 2.55. The summed E-state index contributed by atoms with van der Waals surface area (Å²) in [6.07, 6.45) is 2.44. The molecular weight excluding hydrogens is 284 g/mol. The molecule has 1 aromatic carbocycles. The topological polar surface area (TPSA) is 71.2 Å². The van der Waals surface area contributed by atoms with Crippen LogP contribution in [0, 0.1) is 5.92 Å². The third kappa shape index (κ3) is 3.51. The summed E-state index contributed by atoms with van der Waals surface area (Å²) in [6.45, 7) is 4.70. The number of piperidine rings is 1. The van der Waals surface area contributed by atoms with E-state index in [0.717, 1.165) is 23.3 Å². The number of rotatable bonds is 3. The molecule has 1 aliphatic rings. The Bertz CT molecular complexity index is 654. The summed E-state index contributed by atoms with van der Waals surface area (Å²) in [5.74, 6) is 0.688. The number of hydrogen-bond donors (Lipinski definition) is 2. The van der Waals surface area contributed by atoms with Crippen molar-refractivity contribution in [2.24, 2.45) is 5.92 Å². The van der Waals surface area contributed by atoms with E-state index in [1.54, 1.807) is 0 Å². The molecule has 0 aliphatic carbocycles. The molecule has 0 spiro atoms. The molecule has 1 amide bonds. The van der Waals surface area contributed by atoms with E-state index in [9.17, 15) is 4.79 Å².